The van der Waals surface area contributed by atoms with Crippen LogP contribution in [0.15, 0.2) is 18.3 Å². The molecule has 6 heteroatoms. The van der Waals surface area contributed by atoms with E-state index < -0.39 is 0 Å². The number of aromatic nitrogens is 1. The van der Waals surface area contributed by atoms with Crippen molar-refractivity contribution in [2.75, 3.05) is 25.7 Å². The van der Waals surface area contributed by atoms with Gasteiger partial charge in [-0.15, -0.1) is 0 Å². The number of nitrogens with one attached hydrogen (secondary N) is 1. The van der Waals surface area contributed by atoms with Gasteiger partial charge in [0.2, 0.25) is 0 Å². The van der Waals surface area contributed by atoms with E-state index in [1.807, 2.05) is 13.8 Å². The summed E-state index contributed by atoms with van der Waals surface area (Å²) >= 11 is 0. The van der Waals surface area contributed by atoms with Gasteiger partial charge in [0.15, 0.2) is 5.82 Å². The summed E-state index contributed by atoms with van der Waals surface area (Å²) in [7, 11) is 1.62. The number of methoxy groups -OCH3 is 1. The fourth-order valence-corrected chi connectivity index (χ4v) is 1.78. The second kappa shape index (κ2) is 7.70. The topological polar surface area (TPSA) is 80.5 Å². The van der Waals surface area contributed by atoms with E-state index in [1.165, 1.54) is 0 Å². The molecule has 0 bridgehead atoms. The number of carbonyl (C=O) groups excluding carboxylic acids is 1. The lowest BCUT2D eigenvalue weighted by Crippen LogP contribution is -2.41. The van der Waals surface area contributed by atoms with Crippen molar-refractivity contribution in [2.45, 2.75) is 26.3 Å². The Morgan fingerprint density at radius 1 is 1.63 bits per heavy atom. The van der Waals surface area contributed by atoms with Gasteiger partial charge in [-0.25, -0.2) is 10.8 Å². The van der Waals surface area contributed by atoms with E-state index in [2.05, 4.69) is 10.4 Å². The van der Waals surface area contributed by atoms with Crippen LogP contribution in [0.3, 0.4) is 0 Å². The van der Waals surface area contributed by atoms with Crippen LogP contribution in [0.25, 0.3) is 0 Å². The van der Waals surface area contributed by atoms with E-state index >= 15 is 0 Å². The number of nitrogens with zero attached hydrogens (tertiary/aromatic N) is 2. The van der Waals surface area contributed by atoms with Crippen molar-refractivity contribution in [2.24, 2.45) is 5.84 Å². The van der Waals surface area contributed by atoms with E-state index in [9.17, 15) is 4.79 Å². The lowest BCUT2D eigenvalue weighted by Gasteiger charge is -2.28. The van der Waals surface area contributed by atoms with E-state index in [1.54, 1.807) is 30.3 Å². The number of hydrogen-bond acceptors (Lipinski definition) is 5. The molecule has 0 aliphatic rings. The molecule has 1 aromatic rings. The number of hydrogen-bond donors (Lipinski definition) is 2. The molecule has 0 saturated carbocycles. The quantitative estimate of drug-likeness (QED) is 0.573. The Morgan fingerprint density at radius 2 is 2.37 bits per heavy atom. The molecule has 1 amide bonds. The fourth-order valence-electron chi connectivity index (χ4n) is 1.78. The molecular formula is C13H22N4O2. The lowest BCUT2D eigenvalue weighted by atomic mass is 10.1. The minimum absolute atomic E-state index is 0.0903. The van der Waals surface area contributed by atoms with Crippen LogP contribution in [0, 0.1) is 0 Å². The Balaban J connectivity index is 2.97. The number of ether oxygens (including phenoxy) is 1. The summed E-state index contributed by atoms with van der Waals surface area (Å²) < 4.78 is 5.06. The number of nitrogens with two attached hydrogens (primary N) is 1. The van der Waals surface area contributed by atoms with E-state index in [-0.39, 0.29) is 11.9 Å². The Hall–Kier alpha value is -1.66. The second-order valence-electron chi connectivity index (χ2n) is 4.29. The lowest BCUT2D eigenvalue weighted by molar-refractivity contribution is 0.0614. The van der Waals surface area contributed by atoms with Crippen molar-refractivity contribution in [3.8, 4) is 0 Å². The molecule has 1 unspecified atom stereocenters. The predicted octanol–water partition coefficient (Wildman–Crippen LogP) is 1.25. The normalized spacial score (nSPS) is 12.0. The molecule has 6 nitrogen and oxygen atoms in total. The van der Waals surface area contributed by atoms with Gasteiger partial charge in [-0.2, -0.15) is 0 Å². The number of nitrogen functional groups attached to an aromatic ring is 1. The fraction of sp³-hybridized carbons (Fsp3) is 0.538. The summed E-state index contributed by atoms with van der Waals surface area (Å²) in [6.45, 7) is 5.10. The number of pyridine rings is 1. The first-order chi connectivity index (χ1) is 9.15. The maximum atomic E-state index is 12.6. The van der Waals surface area contributed by atoms with E-state index in [0.29, 0.717) is 24.5 Å². The van der Waals surface area contributed by atoms with Gasteiger partial charge in [0, 0.05) is 25.9 Å². The SMILES string of the molecule is CCC(C)N(CCOC)C(=O)c1cccnc1NN. The van der Waals surface area contributed by atoms with Crippen molar-refractivity contribution in [1.82, 2.24) is 9.88 Å². The van der Waals surface area contributed by atoms with Crippen LogP contribution in [-0.2, 0) is 4.74 Å². The van der Waals surface area contributed by atoms with Crippen LogP contribution in [0.4, 0.5) is 5.82 Å². The van der Waals surface area contributed by atoms with Gasteiger partial charge in [0.1, 0.15) is 0 Å². The molecule has 0 radical (unpaired) electrons. The maximum Gasteiger partial charge on any atom is 0.257 e. The van der Waals surface area contributed by atoms with Crippen molar-refractivity contribution in [3.05, 3.63) is 23.9 Å². The first kappa shape index (κ1) is 15.4. The summed E-state index contributed by atoms with van der Waals surface area (Å²) in [5.74, 6) is 5.69. The van der Waals surface area contributed by atoms with Crippen molar-refractivity contribution >= 4 is 11.7 Å². The van der Waals surface area contributed by atoms with Crippen LogP contribution < -0.4 is 11.3 Å². The Morgan fingerprint density at radius 3 is 2.95 bits per heavy atom. The molecular weight excluding hydrogens is 244 g/mol. The van der Waals surface area contributed by atoms with Crippen LogP contribution >= 0.6 is 0 Å². The molecule has 1 atom stereocenters. The van der Waals surface area contributed by atoms with Crippen LogP contribution in [0.1, 0.15) is 30.6 Å². The maximum absolute atomic E-state index is 12.6. The average molecular weight is 266 g/mol. The summed E-state index contributed by atoms with van der Waals surface area (Å²) in [5, 5.41) is 0. The highest BCUT2D eigenvalue weighted by atomic mass is 16.5. The zero-order valence-electron chi connectivity index (χ0n) is 11.7. The third kappa shape index (κ3) is 3.90. The summed E-state index contributed by atoms with van der Waals surface area (Å²) in [5.41, 5.74) is 2.93. The number of carbonyl (C=O) groups is 1. The molecule has 0 fully saturated rings. The Bertz CT molecular complexity index is 411. The average Bonchev–Trinajstić information content (AvgIpc) is 2.46. The zero-order chi connectivity index (χ0) is 14.3. The molecule has 0 aromatic carbocycles. The highest BCUT2D eigenvalue weighted by Crippen LogP contribution is 2.16. The monoisotopic (exact) mass is 266 g/mol. The van der Waals surface area contributed by atoms with Gasteiger partial charge in [-0.1, -0.05) is 6.92 Å². The smallest absolute Gasteiger partial charge is 0.257 e. The van der Waals surface area contributed by atoms with Crippen LogP contribution in [0.2, 0.25) is 0 Å². The second-order valence-corrected chi connectivity index (χ2v) is 4.29. The highest BCUT2D eigenvalue weighted by Gasteiger charge is 2.22. The molecule has 19 heavy (non-hydrogen) atoms. The van der Waals surface area contributed by atoms with E-state index in [0.717, 1.165) is 6.42 Å². The van der Waals surface area contributed by atoms with E-state index in [4.69, 9.17) is 10.6 Å². The first-order valence-electron chi connectivity index (χ1n) is 6.37. The Kier molecular flexibility index (Phi) is 6.24. The number of hydrazine groups is 1. The van der Waals surface area contributed by atoms with Gasteiger partial charge >= 0.3 is 0 Å². The van der Waals surface area contributed by atoms with Gasteiger partial charge < -0.3 is 15.1 Å². The third-order valence-corrected chi connectivity index (χ3v) is 3.09. The summed E-state index contributed by atoms with van der Waals surface area (Å²) in [6.07, 6.45) is 2.47. The molecule has 0 aliphatic heterocycles. The molecule has 0 saturated heterocycles. The molecule has 0 spiro atoms. The van der Waals surface area contributed by atoms with Crippen LogP contribution in [-0.4, -0.2) is 42.1 Å². The predicted molar refractivity (Wildman–Crippen MR) is 74.7 cm³/mol. The Labute approximate surface area is 113 Å². The zero-order valence-corrected chi connectivity index (χ0v) is 11.7. The minimum atomic E-state index is -0.0903. The van der Waals surface area contributed by atoms with Crippen LogP contribution in [0.5, 0.6) is 0 Å². The summed E-state index contributed by atoms with van der Waals surface area (Å²) in [6, 6.07) is 3.57. The molecule has 1 aromatic heterocycles. The van der Waals surface area contributed by atoms with Gasteiger partial charge in [-0.3, -0.25) is 4.79 Å². The van der Waals surface area contributed by atoms with Crippen molar-refractivity contribution in [1.29, 1.82) is 0 Å². The van der Waals surface area contributed by atoms with Crippen molar-refractivity contribution < 1.29 is 9.53 Å². The molecule has 3 N–H and O–H groups in total. The third-order valence-electron chi connectivity index (χ3n) is 3.09. The first-order valence-corrected chi connectivity index (χ1v) is 6.37. The molecule has 0 aliphatic carbocycles. The largest absolute Gasteiger partial charge is 0.383 e. The summed E-state index contributed by atoms with van der Waals surface area (Å²) in [4.78, 5) is 18.4. The van der Waals surface area contributed by atoms with Gasteiger partial charge in [0.25, 0.3) is 5.91 Å². The number of rotatable bonds is 7. The highest BCUT2D eigenvalue weighted by molar-refractivity contribution is 5.98. The van der Waals surface area contributed by atoms with Gasteiger partial charge in [-0.05, 0) is 25.5 Å². The molecule has 106 valence electrons. The molecule has 1 rings (SSSR count). The standard InChI is InChI=1S/C13H22N4O2/c1-4-10(2)17(8-9-19-3)13(18)11-6-5-7-15-12(11)16-14/h5-7,10H,4,8-9,14H2,1-3H3,(H,15,16). The minimum Gasteiger partial charge on any atom is -0.383 e. The molecule has 1 heterocycles. The van der Waals surface area contributed by atoms with Crippen molar-refractivity contribution in [3.63, 3.8) is 0 Å². The number of amides is 1. The van der Waals surface area contributed by atoms with Gasteiger partial charge in [0.05, 0.1) is 12.2 Å². The number of anilines is 1.